The van der Waals surface area contributed by atoms with Crippen molar-refractivity contribution in [2.24, 2.45) is 0 Å². The van der Waals surface area contributed by atoms with Crippen LogP contribution in [0.15, 0.2) is 24.3 Å². The van der Waals surface area contributed by atoms with Gasteiger partial charge in [-0.05, 0) is 18.9 Å². The van der Waals surface area contributed by atoms with Gasteiger partial charge < -0.3 is 4.90 Å². The van der Waals surface area contributed by atoms with Crippen molar-refractivity contribution in [3.63, 3.8) is 0 Å². The van der Waals surface area contributed by atoms with E-state index in [1.54, 1.807) is 25.1 Å². The van der Waals surface area contributed by atoms with Gasteiger partial charge in [-0.3, -0.25) is 4.79 Å². The normalized spacial score (nSPS) is 8.79. The zero-order valence-electron chi connectivity index (χ0n) is 8.66. The molecule has 1 aromatic rings. The molecule has 0 saturated heterocycles. The van der Waals surface area contributed by atoms with Crippen LogP contribution in [0.1, 0.15) is 15.9 Å². The molecule has 0 aliphatic rings. The van der Waals surface area contributed by atoms with Crippen LogP contribution in [-0.2, 0) is 0 Å². The highest BCUT2D eigenvalue weighted by Crippen LogP contribution is 2.03. The van der Waals surface area contributed by atoms with E-state index in [2.05, 4.69) is 12.0 Å². The highest BCUT2D eigenvalue weighted by molar-refractivity contribution is 6.09. The first-order valence-electron chi connectivity index (χ1n) is 4.39. The fourth-order valence-corrected chi connectivity index (χ4v) is 1.02. The first-order valence-corrected chi connectivity index (χ1v) is 4.39. The molecule has 0 atom stereocenters. The molecule has 0 spiro atoms. The SMILES string of the molecule is Cc1cccc(C(=O)C#CN(C)C)c1. The van der Waals surface area contributed by atoms with Crippen molar-refractivity contribution in [3.8, 4) is 12.0 Å². The van der Waals surface area contributed by atoms with E-state index in [0.717, 1.165) is 5.56 Å². The van der Waals surface area contributed by atoms with E-state index in [4.69, 9.17) is 0 Å². The molecule has 0 fully saturated rings. The van der Waals surface area contributed by atoms with Crippen molar-refractivity contribution in [2.75, 3.05) is 14.1 Å². The first kappa shape index (κ1) is 10.3. The topological polar surface area (TPSA) is 20.3 Å². The van der Waals surface area contributed by atoms with Gasteiger partial charge in [0.05, 0.1) is 0 Å². The minimum Gasteiger partial charge on any atom is -0.338 e. The lowest BCUT2D eigenvalue weighted by molar-refractivity contribution is 0.105. The molecular formula is C12H13NO. The number of hydrogen-bond acceptors (Lipinski definition) is 2. The second-order valence-electron chi connectivity index (χ2n) is 3.33. The zero-order chi connectivity index (χ0) is 10.6. The number of carbonyl (C=O) groups excluding carboxylic acids is 1. The summed E-state index contributed by atoms with van der Waals surface area (Å²) in [5.74, 6) is 2.43. The van der Waals surface area contributed by atoms with Crippen LogP contribution >= 0.6 is 0 Å². The molecule has 72 valence electrons. The molecule has 0 N–H and O–H groups in total. The van der Waals surface area contributed by atoms with Gasteiger partial charge in [-0.2, -0.15) is 0 Å². The molecule has 2 nitrogen and oxygen atoms in total. The van der Waals surface area contributed by atoms with Gasteiger partial charge in [0, 0.05) is 25.7 Å². The Bertz CT molecular complexity index is 396. The van der Waals surface area contributed by atoms with Crippen molar-refractivity contribution >= 4 is 5.78 Å². The highest BCUT2D eigenvalue weighted by atomic mass is 16.1. The lowest BCUT2D eigenvalue weighted by Gasteiger charge is -1.98. The Hall–Kier alpha value is -1.75. The zero-order valence-corrected chi connectivity index (χ0v) is 8.66. The fraction of sp³-hybridized carbons (Fsp3) is 0.250. The van der Waals surface area contributed by atoms with Crippen molar-refractivity contribution in [3.05, 3.63) is 35.4 Å². The van der Waals surface area contributed by atoms with Crippen molar-refractivity contribution in [1.82, 2.24) is 4.90 Å². The summed E-state index contributed by atoms with van der Waals surface area (Å²) in [6.07, 6.45) is 0. The Balaban J connectivity index is 2.87. The van der Waals surface area contributed by atoms with Gasteiger partial charge in [-0.15, -0.1) is 0 Å². The van der Waals surface area contributed by atoms with Crippen LogP contribution in [0, 0.1) is 18.9 Å². The Morgan fingerprint density at radius 3 is 2.64 bits per heavy atom. The van der Waals surface area contributed by atoms with Crippen LogP contribution in [0.3, 0.4) is 0 Å². The van der Waals surface area contributed by atoms with Gasteiger partial charge in [0.1, 0.15) is 0 Å². The minimum absolute atomic E-state index is 0.137. The summed E-state index contributed by atoms with van der Waals surface area (Å²) in [7, 11) is 3.60. The van der Waals surface area contributed by atoms with Crippen molar-refractivity contribution in [2.45, 2.75) is 6.92 Å². The van der Waals surface area contributed by atoms with Gasteiger partial charge in [-0.1, -0.05) is 23.8 Å². The lowest BCUT2D eigenvalue weighted by Crippen LogP contribution is -2.03. The third-order valence-electron chi connectivity index (χ3n) is 1.67. The van der Waals surface area contributed by atoms with Crippen LogP contribution < -0.4 is 0 Å². The summed E-state index contributed by atoms with van der Waals surface area (Å²) >= 11 is 0. The van der Waals surface area contributed by atoms with Crippen LogP contribution in [0.2, 0.25) is 0 Å². The maximum atomic E-state index is 11.5. The summed E-state index contributed by atoms with van der Waals surface area (Å²) in [5, 5.41) is 0. The van der Waals surface area contributed by atoms with Crippen molar-refractivity contribution < 1.29 is 4.79 Å². The maximum Gasteiger partial charge on any atom is 0.237 e. The first-order chi connectivity index (χ1) is 6.59. The van der Waals surface area contributed by atoms with Crippen LogP contribution in [-0.4, -0.2) is 24.8 Å². The van der Waals surface area contributed by atoms with Crippen LogP contribution in [0.4, 0.5) is 0 Å². The number of nitrogens with zero attached hydrogens (tertiary/aromatic N) is 1. The molecule has 1 rings (SSSR count). The highest BCUT2D eigenvalue weighted by Gasteiger charge is 2.00. The molecule has 0 radical (unpaired) electrons. The summed E-state index contributed by atoms with van der Waals surface area (Å²) in [6, 6.07) is 10.1. The molecule has 0 heterocycles. The standard InChI is InChI=1S/C12H13NO/c1-10-5-4-6-11(9-10)12(14)7-8-13(2)3/h4-6,9H,1-3H3. The number of benzene rings is 1. The summed E-state index contributed by atoms with van der Waals surface area (Å²) < 4.78 is 0. The molecule has 0 saturated carbocycles. The lowest BCUT2D eigenvalue weighted by atomic mass is 10.1. The van der Waals surface area contributed by atoms with E-state index in [0.29, 0.717) is 5.56 Å². The van der Waals surface area contributed by atoms with Gasteiger partial charge in [0.15, 0.2) is 0 Å². The Morgan fingerprint density at radius 2 is 2.07 bits per heavy atom. The summed E-state index contributed by atoms with van der Waals surface area (Å²) in [6.45, 7) is 1.95. The van der Waals surface area contributed by atoms with Gasteiger partial charge in [-0.25, -0.2) is 0 Å². The largest absolute Gasteiger partial charge is 0.338 e. The number of carbonyl (C=O) groups is 1. The predicted molar refractivity (Wildman–Crippen MR) is 57.0 cm³/mol. The Kier molecular flexibility index (Phi) is 3.30. The van der Waals surface area contributed by atoms with E-state index < -0.39 is 0 Å². The van der Waals surface area contributed by atoms with Gasteiger partial charge in [0.25, 0.3) is 0 Å². The minimum atomic E-state index is -0.137. The molecule has 1 aromatic carbocycles. The number of hydrogen-bond donors (Lipinski definition) is 0. The number of Topliss-reactive ketones (excluding diaryl/α,β-unsaturated/α-hetero) is 1. The van der Waals surface area contributed by atoms with E-state index in [9.17, 15) is 4.79 Å². The van der Waals surface area contributed by atoms with E-state index in [1.165, 1.54) is 0 Å². The predicted octanol–water partition coefficient (Wildman–Crippen LogP) is 1.70. The quantitative estimate of drug-likeness (QED) is 0.379. The summed E-state index contributed by atoms with van der Waals surface area (Å²) in [4.78, 5) is 13.2. The maximum absolute atomic E-state index is 11.5. The van der Waals surface area contributed by atoms with E-state index in [-0.39, 0.29) is 5.78 Å². The molecule has 2 heteroatoms. The number of aryl methyl sites for hydroxylation is 1. The van der Waals surface area contributed by atoms with Gasteiger partial charge in [0.2, 0.25) is 5.78 Å². The Morgan fingerprint density at radius 1 is 1.36 bits per heavy atom. The third-order valence-corrected chi connectivity index (χ3v) is 1.67. The molecule has 14 heavy (non-hydrogen) atoms. The van der Waals surface area contributed by atoms with E-state index in [1.807, 2.05) is 25.1 Å². The molecule has 0 bridgehead atoms. The Labute approximate surface area is 84.5 Å². The van der Waals surface area contributed by atoms with Crippen molar-refractivity contribution in [1.29, 1.82) is 0 Å². The summed E-state index contributed by atoms with van der Waals surface area (Å²) in [5.41, 5.74) is 1.72. The second-order valence-corrected chi connectivity index (χ2v) is 3.33. The molecule has 0 aliphatic heterocycles. The van der Waals surface area contributed by atoms with Crippen LogP contribution in [0.5, 0.6) is 0 Å². The average Bonchev–Trinajstić information content (AvgIpc) is 2.14. The van der Waals surface area contributed by atoms with Gasteiger partial charge >= 0.3 is 0 Å². The van der Waals surface area contributed by atoms with E-state index >= 15 is 0 Å². The molecule has 0 aliphatic carbocycles. The van der Waals surface area contributed by atoms with Crippen LogP contribution in [0.25, 0.3) is 0 Å². The molecular weight excluding hydrogens is 174 g/mol. The number of rotatable bonds is 1. The molecule has 0 unspecified atom stereocenters. The molecule has 0 aromatic heterocycles. The third kappa shape index (κ3) is 2.95. The second kappa shape index (κ2) is 4.48. The number of ketones is 1. The monoisotopic (exact) mass is 187 g/mol. The molecule has 0 amide bonds. The average molecular weight is 187 g/mol. The smallest absolute Gasteiger partial charge is 0.237 e. The fourth-order valence-electron chi connectivity index (χ4n) is 1.02.